The fourth-order valence-corrected chi connectivity index (χ4v) is 3.24. The van der Waals surface area contributed by atoms with E-state index < -0.39 is 5.97 Å². The van der Waals surface area contributed by atoms with E-state index in [2.05, 4.69) is 19.2 Å². The van der Waals surface area contributed by atoms with Crippen molar-refractivity contribution < 1.29 is 9.90 Å². The van der Waals surface area contributed by atoms with Gasteiger partial charge in [-0.15, -0.1) is 0 Å². The minimum Gasteiger partial charge on any atom is -0.480 e. The van der Waals surface area contributed by atoms with Crippen LogP contribution < -0.4 is 5.32 Å². The summed E-state index contributed by atoms with van der Waals surface area (Å²) in [5.74, 6) is -0.0122. The van der Waals surface area contributed by atoms with Gasteiger partial charge in [0.25, 0.3) is 0 Å². The molecule has 0 bridgehead atoms. The van der Waals surface area contributed by atoms with Crippen LogP contribution in [0.15, 0.2) is 0 Å². The van der Waals surface area contributed by atoms with Crippen molar-refractivity contribution in [3.05, 3.63) is 0 Å². The Morgan fingerprint density at radius 3 is 2.79 bits per heavy atom. The van der Waals surface area contributed by atoms with Crippen molar-refractivity contribution in [3.63, 3.8) is 0 Å². The second-order valence-electron chi connectivity index (χ2n) is 3.73. The summed E-state index contributed by atoms with van der Waals surface area (Å²) in [5.41, 5.74) is 0. The fraction of sp³-hybridized carbons (Fsp3) is 0.900. The van der Waals surface area contributed by atoms with Crippen LogP contribution in [0.5, 0.6) is 0 Å². The number of thioether (sulfide) groups is 1. The summed E-state index contributed by atoms with van der Waals surface area (Å²) >= 11 is 1.80. The van der Waals surface area contributed by atoms with Crippen LogP contribution in [0.4, 0.5) is 0 Å². The average Bonchev–Trinajstić information content (AvgIpc) is 2.18. The van der Waals surface area contributed by atoms with E-state index in [4.69, 9.17) is 5.11 Å². The van der Waals surface area contributed by atoms with Crippen LogP contribution in [0.3, 0.4) is 0 Å². The molecule has 1 fully saturated rings. The Morgan fingerprint density at radius 2 is 2.29 bits per heavy atom. The van der Waals surface area contributed by atoms with E-state index in [-0.39, 0.29) is 6.04 Å². The van der Waals surface area contributed by atoms with Crippen molar-refractivity contribution in [3.8, 4) is 0 Å². The summed E-state index contributed by atoms with van der Waals surface area (Å²) < 4.78 is 0. The van der Waals surface area contributed by atoms with Gasteiger partial charge >= 0.3 is 5.97 Å². The van der Waals surface area contributed by atoms with Gasteiger partial charge in [0.15, 0.2) is 0 Å². The van der Waals surface area contributed by atoms with Gasteiger partial charge in [-0.2, -0.15) is 11.8 Å². The molecule has 1 aliphatic rings. The molecule has 0 aliphatic carbocycles. The summed E-state index contributed by atoms with van der Waals surface area (Å²) in [4.78, 5) is 10.8. The molecule has 3 atom stereocenters. The molecule has 0 aromatic carbocycles. The van der Waals surface area contributed by atoms with Crippen LogP contribution >= 0.6 is 11.8 Å². The lowest BCUT2D eigenvalue weighted by Gasteiger charge is -2.35. The third-order valence-electron chi connectivity index (χ3n) is 2.64. The molecular formula is C10H19NO2S. The van der Waals surface area contributed by atoms with Gasteiger partial charge < -0.3 is 5.11 Å². The molecule has 1 heterocycles. The maximum atomic E-state index is 10.8. The Bertz CT molecular complexity index is 199. The molecule has 0 amide bonds. The second-order valence-corrected chi connectivity index (χ2v) is 5.00. The first-order chi connectivity index (χ1) is 6.69. The molecule has 1 aliphatic heterocycles. The quantitative estimate of drug-likeness (QED) is 0.753. The van der Waals surface area contributed by atoms with Crippen molar-refractivity contribution in [1.29, 1.82) is 0 Å². The van der Waals surface area contributed by atoms with Gasteiger partial charge in [-0.25, -0.2) is 0 Å². The standard InChI is InChI=1S/C10H19NO2S/c1-3-5-7-9(4-2)14-6-8(11-7)10(12)13/h7-9,11H,3-6H2,1-2H3,(H,12,13). The van der Waals surface area contributed by atoms with Gasteiger partial charge in [-0.05, 0) is 12.8 Å². The average molecular weight is 217 g/mol. The highest BCUT2D eigenvalue weighted by Gasteiger charge is 2.31. The monoisotopic (exact) mass is 217 g/mol. The zero-order valence-corrected chi connectivity index (χ0v) is 9.64. The normalized spacial score (nSPS) is 32.9. The first-order valence-corrected chi connectivity index (χ1v) is 6.34. The highest BCUT2D eigenvalue weighted by Crippen LogP contribution is 2.26. The molecule has 3 nitrogen and oxygen atoms in total. The number of hydrogen-bond acceptors (Lipinski definition) is 3. The van der Waals surface area contributed by atoms with E-state index in [9.17, 15) is 4.79 Å². The zero-order valence-electron chi connectivity index (χ0n) is 8.82. The maximum absolute atomic E-state index is 10.8. The van der Waals surface area contributed by atoms with Crippen molar-refractivity contribution in [1.82, 2.24) is 5.32 Å². The fourth-order valence-electron chi connectivity index (χ4n) is 1.88. The molecule has 0 saturated carbocycles. The van der Waals surface area contributed by atoms with E-state index in [1.54, 1.807) is 11.8 Å². The van der Waals surface area contributed by atoms with Crippen molar-refractivity contribution in [2.45, 2.75) is 50.4 Å². The third kappa shape index (κ3) is 2.89. The van der Waals surface area contributed by atoms with Crippen LogP contribution in [0.1, 0.15) is 33.1 Å². The summed E-state index contributed by atoms with van der Waals surface area (Å²) in [6, 6.07) is 0.0317. The second kappa shape index (κ2) is 5.61. The largest absolute Gasteiger partial charge is 0.480 e. The van der Waals surface area contributed by atoms with Crippen molar-refractivity contribution in [2.75, 3.05) is 5.75 Å². The van der Waals surface area contributed by atoms with Gasteiger partial charge in [-0.1, -0.05) is 20.3 Å². The molecule has 82 valence electrons. The number of carboxylic acid groups (broad SMARTS) is 1. The number of aliphatic carboxylic acids is 1. The first kappa shape index (κ1) is 11.9. The Hall–Kier alpha value is -0.220. The van der Waals surface area contributed by atoms with Crippen LogP contribution in [0.2, 0.25) is 0 Å². The zero-order chi connectivity index (χ0) is 10.6. The SMILES string of the molecule is CCCC1NC(C(=O)O)CSC1CC. The Labute approximate surface area is 89.6 Å². The lowest BCUT2D eigenvalue weighted by atomic mass is 10.0. The van der Waals surface area contributed by atoms with Crippen LogP contribution in [0.25, 0.3) is 0 Å². The van der Waals surface area contributed by atoms with Gasteiger partial charge in [-0.3, -0.25) is 10.1 Å². The Morgan fingerprint density at radius 1 is 1.57 bits per heavy atom. The third-order valence-corrected chi connectivity index (χ3v) is 4.26. The Balaban J connectivity index is 2.52. The lowest BCUT2D eigenvalue weighted by Crippen LogP contribution is -2.53. The molecule has 0 spiro atoms. The molecule has 1 saturated heterocycles. The lowest BCUT2D eigenvalue weighted by molar-refractivity contribution is -0.139. The van der Waals surface area contributed by atoms with Gasteiger partial charge in [0, 0.05) is 17.0 Å². The predicted octanol–water partition coefficient (Wildman–Crippen LogP) is 1.72. The minimum atomic E-state index is -0.715. The summed E-state index contributed by atoms with van der Waals surface area (Å²) in [6.07, 6.45) is 3.31. The highest BCUT2D eigenvalue weighted by molar-refractivity contribution is 8.00. The van der Waals surface area contributed by atoms with Crippen LogP contribution in [-0.2, 0) is 4.79 Å². The van der Waals surface area contributed by atoms with Crippen molar-refractivity contribution >= 4 is 17.7 Å². The molecule has 1 rings (SSSR count). The van der Waals surface area contributed by atoms with Crippen LogP contribution in [0, 0.1) is 0 Å². The van der Waals surface area contributed by atoms with Crippen molar-refractivity contribution in [2.24, 2.45) is 0 Å². The maximum Gasteiger partial charge on any atom is 0.321 e. The number of nitrogens with one attached hydrogen (secondary N) is 1. The Kier molecular flexibility index (Phi) is 4.75. The van der Waals surface area contributed by atoms with E-state index in [0.717, 1.165) is 19.3 Å². The number of rotatable bonds is 4. The van der Waals surface area contributed by atoms with E-state index in [0.29, 0.717) is 17.0 Å². The highest BCUT2D eigenvalue weighted by atomic mass is 32.2. The van der Waals surface area contributed by atoms with Gasteiger partial charge in [0.1, 0.15) is 6.04 Å². The number of hydrogen-bond donors (Lipinski definition) is 2. The van der Waals surface area contributed by atoms with E-state index >= 15 is 0 Å². The minimum absolute atomic E-state index is 0.348. The smallest absolute Gasteiger partial charge is 0.321 e. The molecule has 0 aromatic rings. The molecule has 3 unspecified atom stereocenters. The van der Waals surface area contributed by atoms with Gasteiger partial charge in [0.05, 0.1) is 0 Å². The number of carbonyl (C=O) groups is 1. The summed E-state index contributed by atoms with van der Waals surface area (Å²) in [7, 11) is 0. The van der Waals surface area contributed by atoms with Gasteiger partial charge in [0.2, 0.25) is 0 Å². The number of carboxylic acids is 1. The predicted molar refractivity (Wildman–Crippen MR) is 59.8 cm³/mol. The summed E-state index contributed by atoms with van der Waals surface area (Å²) in [5, 5.41) is 12.7. The topological polar surface area (TPSA) is 49.3 Å². The molecule has 0 aromatic heterocycles. The molecule has 14 heavy (non-hydrogen) atoms. The van der Waals surface area contributed by atoms with E-state index in [1.165, 1.54) is 0 Å². The summed E-state index contributed by atoms with van der Waals surface area (Å²) in [6.45, 7) is 4.31. The molecule has 2 N–H and O–H groups in total. The molecular weight excluding hydrogens is 198 g/mol. The first-order valence-electron chi connectivity index (χ1n) is 5.29. The van der Waals surface area contributed by atoms with Crippen LogP contribution in [-0.4, -0.2) is 34.2 Å². The molecule has 0 radical (unpaired) electrons. The molecule has 4 heteroatoms. The van der Waals surface area contributed by atoms with E-state index in [1.807, 2.05) is 0 Å².